The predicted octanol–water partition coefficient (Wildman–Crippen LogP) is 1.45. The maximum atomic E-state index is 12.7. The van der Waals surface area contributed by atoms with E-state index < -0.39 is 15.8 Å². The second kappa shape index (κ2) is 6.82. The standard InChI is InChI=1S/C12H19FN2O2S/c1-15(2)10-4-3-9-14-18(16,17)12-7-5-11(13)6-8-12/h5-8,14H,3-4,9-10H2,1-2H3. The van der Waals surface area contributed by atoms with Crippen molar-refractivity contribution in [2.24, 2.45) is 0 Å². The maximum Gasteiger partial charge on any atom is 0.240 e. The van der Waals surface area contributed by atoms with Crippen molar-refractivity contribution >= 4 is 10.0 Å². The fourth-order valence-corrected chi connectivity index (χ4v) is 2.53. The lowest BCUT2D eigenvalue weighted by atomic mass is 10.3. The highest BCUT2D eigenvalue weighted by Crippen LogP contribution is 2.09. The highest BCUT2D eigenvalue weighted by molar-refractivity contribution is 7.89. The second-order valence-corrected chi connectivity index (χ2v) is 6.13. The van der Waals surface area contributed by atoms with E-state index in [0.717, 1.165) is 31.5 Å². The first-order valence-electron chi connectivity index (χ1n) is 5.82. The summed E-state index contributed by atoms with van der Waals surface area (Å²) in [6.07, 6.45) is 1.71. The molecular formula is C12H19FN2O2S. The Morgan fingerprint density at radius 2 is 1.78 bits per heavy atom. The molecule has 0 heterocycles. The van der Waals surface area contributed by atoms with Crippen LogP contribution in [0.4, 0.5) is 4.39 Å². The largest absolute Gasteiger partial charge is 0.309 e. The molecule has 0 radical (unpaired) electrons. The van der Waals surface area contributed by atoms with E-state index in [-0.39, 0.29) is 4.90 Å². The minimum atomic E-state index is -3.51. The van der Waals surface area contributed by atoms with Crippen LogP contribution in [0.15, 0.2) is 29.2 Å². The molecule has 0 saturated heterocycles. The number of halogens is 1. The molecule has 1 aromatic rings. The normalized spacial score (nSPS) is 12.0. The molecular weight excluding hydrogens is 255 g/mol. The molecule has 0 unspecified atom stereocenters. The van der Waals surface area contributed by atoms with Crippen LogP contribution in [0.25, 0.3) is 0 Å². The van der Waals surface area contributed by atoms with E-state index >= 15 is 0 Å². The van der Waals surface area contributed by atoms with Gasteiger partial charge in [-0.2, -0.15) is 0 Å². The van der Waals surface area contributed by atoms with Crippen molar-refractivity contribution in [3.8, 4) is 0 Å². The Bertz CT molecular complexity index is 457. The Morgan fingerprint density at radius 1 is 1.17 bits per heavy atom. The summed E-state index contributed by atoms with van der Waals surface area (Å²) in [5.41, 5.74) is 0. The number of benzene rings is 1. The van der Waals surface area contributed by atoms with Crippen LogP contribution in [-0.4, -0.2) is 40.5 Å². The van der Waals surface area contributed by atoms with E-state index in [2.05, 4.69) is 9.62 Å². The third kappa shape index (κ3) is 5.12. The van der Waals surface area contributed by atoms with E-state index in [0.29, 0.717) is 6.54 Å². The number of unbranched alkanes of at least 4 members (excludes halogenated alkanes) is 1. The van der Waals surface area contributed by atoms with Gasteiger partial charge in [0.25, 0.3) is 0 Å². The minimum absolute atomic E-state index is 0.0940. The average Bonchev–Trinajstić information content (AvgIpc) is 2.28. The Hall–Kier alpha value is -0.980. The summed E-state index contributed by atoms with van der Waals surface area (Å²) in [5, 5.41) is 0. The summed E-state index contributed by atoms with van der Waals surface area (Å²) in [4.78, 5) is 2.14. The van der Waals surface area contributed by atoms with Gasteiger partial charge in [-0.15, -0.1) is 0 Å². The highest BCUT2D eigenvalue weighted by Gasteiger charge is 2.12. The molecule has 0 saturated carbocycles. The number of nitrogens with one attached hydrogen (secondary N) is 1. The quantitative estimate of drug-likeness (QED) is 0.766. The van der Waals surface area contributed by atoms with Gasteiger partial charge in [0.05, 0.1) is 4.90 Å². The molecule has 0 aliphatic rings. The Morgan fingerprint density at radius 3 is 2.33 bits per heavy atom. The summed E-state index contributed by atoms with van der Waals surface area (Å²) in [5.74, 6) is -0.445. The van der Waals surface area contributed by atoms with Crippen LogP contribution in [0, 0.1) is 5.82 Å². The van der Waals surface area contributed by atoms with Crippen molar-refractivity contribution in [3.63, 3.8) is 0 Å². The molecule has 0 amide bonds. The van der Waals surface area contributed by atoms with Gasteiger partial charge in [-0.05, 0) is 57.7 Å². The number of hydrogen-bond acceptors (Lipinski definition) is 3. The maximum absolute atomic E-state index is 12.7. The monoisotopic (exact) mass is 274 g/mol. The van der Waals surface area contributed by atoms with Gasteiger partial charge in [-0.25, -0.2) is 17.5 Å². The lowest BCUT2D eigenvalue weighted by Crippen LogP contribution is -2.25. The first-order chi connectivity index (χ1) is 8.42. The van der Waals surface area contributed by atoms with Crippen molar-refractivity contribution in [3.05, 3.63) is 30.1 Å². The summed E-state index contributed by atoms with van der Waals surface area (Å²) < 4.78 is 38.8. The van der Waals surface area contributed by atoms with Gasteiger partial charge in [0.1, 0.15) is 5.82 Å². The van der Waals surface area contributed by atoms with E-state index in [1.165, 1.54) is 12.1 Å². The Balaban J connectivity index is 2.43. The smallest absolute Gasteiger partial charge is 0.240 e. The fraction of sp³-hybridized carbons (Fsp3) is 0.500. The van der Waals surface area contributed by atoms with Crippen LogP contribution in [0.5, 0.6) is 0 Å². The van der Waals surface area contributed by atoms with Crippen molar-refractivity contribution in [1.82, 2.24) is 9.62 Å². The third-order valence-electron chi connectivity index (χ3n) is 2.45. The van der Waals surface area contributed by atoms with Crippen LogP contribution in [-0.2, 0) is 10.0 Å². The molecule has 0 aliphatic heterocycles. The summed E-state index contributed by atoms with van der Waals surface area (Å²) in [7, 11) is 0.442. The predicted molar refractivity (Wildman–Crippen MR) is 69.4 cm³/mol. The first-order valence-corrected chi connectivity index (χ1v) is 7.30. The topological polar surface area (TPSA) is 49.4 Å². The average molecular weight is 274 g/mol. The molecule has 0 fully saturated rings. The summed E-state index contributed by atoms with van der Waals surface area (Å²) >= 11 is 0. The molecule has 18 heavy (non-hydrogen) atoms. The Labute approximate surface area is 108 Å². The molecule has 0 bridgehead atoms. The van der Waals surface area contributed by atoms with Gasteiger partial charge >= 0.3 is 0 Å². The number of rotatable bonds is 7. The number of hydrogen-bond donors (Lipinski definition) is 1. The molecule has 1 aromatic carbocycles. The molecule has 1 N–H and O–H groups in total. The second-order valence-electron chi connectivity index (χ2n) is 4.36. The zero-order valence-corrected chi connectivity index (χ0v) is 11.5. The third-order valence-corrected chi connectivity index (χ3v) is 3.93. The van der Waals surface area contributed by atoms with Gasteiger partial charge in [0.15, 0.2) is 0 Å². The lowest BCUT2D eigenvalue weighted by Gasteiger charge is -2.09. The van der Waals surface area contributed by atoms with Crippen molar-refractivity contribution in [1.29, 1.82) is 0 Å². The SMILES string of the molecule is CN(C)CCCCNS(=O)(=O)c1ccc(F)cc1. The van der Waals surface area contributed by atoms with Crippen LogP contribution in [0.1, 0.15) is 12.8 Å². The van der Waals surface area contributed by atoms with Crippen LogP contribution in [0.2, 0.25) is 0 Å². The van der Waals surface area contributed by atoms with Gasteiger partial charge < -0.3 is 4.90 Å². The van der Waals surface area contributed by atoms with E-state index in [1.54, 1.807) is 0 Å². The van der Waals surface area contributed by atoms with E-state index in [9.17, 15) is 12.8 Å². The molecule has 6 heteroatoms. The van der Waals surface area contributed by atoms with Crippen molar-refractivity contribution in [2.75, 3.05) is 27.2 Å². The molecule has 102 valence electrons. The molecule has 0 aliphatic carbocycles. The van der Waals surface area contributed by atoms with Gasteiger partial charge in [0, 0.05) is 6.54 Å². The number of sulfonamides is 1. The molecule has 0 aromatic heterocycles. The molecule has 0 spiro atoms. The van der Waals surface area contributed by atoms with Crippen LogP contribution < -0.4 is 4.72 Å². The van der Waals surface area contributed by atoms with Gasteiger partial charge in [0.2, 0.25) is 10.0 Å². The molecule has 4 nitrogen and oxygen atoms in total. The Kier molecular flexibility index (Phi) is 5.71. The van der Waals surface area contributed by atoms with Crippen molar-refractivity contribution < 1.29 is 12.8 Å². The first kappa shape index (κ1) is 15.1. The summed E-state index contributed by atoms with van der Waals surface area (Å²) in [6, 6.07) is 4.80. The van der Waals surface area contributed by atoms with Crippen LogP contribution >= 0.6 is 0 Å². The lowest BCUT2D eigenvalue weighted by molar-refractivity contribution is 0.394. The molecule has 0 atom stereocenters. The van der Waals surface area contributed by atoms with Crippen LogP contribution in [0.3, 0.4) is 0 Å². The fourth-order valence-electron chi connectivity index (χ4n) is 1.46. The highest BCUT2D eigenvalue weighted by atomic mass is 32.2. The van der Waals surface area contributed by atoms with Crippen molar-refractivity contribution in [2.45, 2.75) is 17.7 Å². The van der Waals surface area contributed by atoms with E-state index in [4.69, 9.17) is 0 Å². The van der Waals surface area contributed by atoms with Gasteiger partial charge in [-0.3, -0.25) is 0 Å². The zero-order chi connectivity index (χ0) is 13.6. The minimum Gasteiger partial charge on any atom is -0.309 e. The number of nitrogens with zero attached hydrogens (tertiary/aromatic N) is 1. The van der Waals surface area contributed by atoms with E-state index in [1.807, 2.05) is 14.1 Å². The zero-order valence-electron chi connectivity index (χ0n) is 10.7. The molecule has 1 rings (SSSR count). The summed E-state index contributed by atoms with van der Waals surface area (Å²) in [6.45, 7) is 1.33. The van der Waals surface area contributed by atoms with Gasteiger partial charge in [-0.1, -0.05) is 0 Å².